The summed E-state index contributed by atoms with van der Waals surface area (Å²) < 4.78 is 36.0. The van der Waals surface area contributed by atoms with Crippen LogP contribution in [0.15, 0.2) is 48.5 Å². The average molecular weight is 378 g/mol. The van der Waals surface area contributed by atoms with Crippen molar-refractivity contribution in [2.45, 2.75) is 6.42 Å². The van der Waals surface area contributed by atoms with Gasteiger partial charge in [-0.2, -0.15) is 0 Å². The highest BCUT2D eigenvalue weighted by atomic mass is 32.2. The number of anilines is 2. The largest absolute Gasteiger partial charge is 0.497 e. The van der Waals surface area contributed by atoms with E-state index >= 15 is 0 Å². The zero-order valence-corrected chi connectivity index (χ0v) is 15.7. The first-order valence-corrected chi connectivity index (χ1v) is 9.74. The van der Waals surface area contributed by atoms with Crippen molar-refractivity contribution >= 4 is 27.3 Å². The predicted octanol–water partition coefficient (Wildman–Crippen LogP) is 2.50. The Hall–Kier alpha value is -2.74. The number of sulfonamides is 1. The number of benzene rings is 2. The van der Waals surface area contributed by atoms with Crippen LogP contribution in [0.25, 0.3) is 0 Å². The lowest BCUT2D eigenvalue weighted by atomic mass is 10.2. The van der Waals surface area contributed by atoms with E-state index in [2.05, 4.69) is 5.32 Å². The van der Waals surface area contributed by atoms with Gasteiger partial charge in [-0.1, -0.05) is 18.2 Å². The van der Waals surface area contributed by atoms with Crippen LogP contribution in [0.3, 0.4) is 0 Å². The summed E-state index contributed by atoms with van der Waals surface area (Å²) in [5, 5.41) is 2.74. The first-order chi connectivity index (χ1) is 12.3. The first-order valence-electron chi connectivity index (χ1n) is 7.90. The van der Waals surface area contributed by atoms with E-state index in [-0.39, 0.29) is 18.9 Å². The molecule has 1 N–H and O–H groups in total. The zero-order chi connectivity index (χ0) is 19.2. The van der Waals surface area contributed by atoms with Crippen molar-refractivity contribution in [1.29, 1.82) is 0 Å². The molecule has 1 amide bonds. The zero-order valence-electron chi connectivity index (χ0n) is 14.9. The summed E-state index contributed by atoms with van der Waals surface area (Å²) in [5.41, 5.74) is 1.01. The van der Waals surface area contributed by atoms with Gasteiger partial charge in [0.25, 0.3) is 0 Å². The third-order valence-corrected chi connectivity index (χ3v) is 4.84. The molecule has 0 aromatic heterocycles. The number of nitrogens with zero attached hydrogens (tertiary/aromatic N) is 1. The molecule has 0 aliphatic rings. The van der Waals surface area contributed by atoms with Crippen LogP contribution < -0.4 is 19.1 Å². The van der Waals surface area contributed by atoms with E-state index in [0.717, 1.165) is 10.6 Å². The monoisotopic (exact) mass is 378 g/mol. The number of hydrogen-bond acceptors (Lipinski definition) is 5. The van der Waals surface area contributed by atoms with Crippen LogP contribution in [0.1, 0.15) is 6.42 Å². The van der Waals surface area contributed by atoms with Crippen molar-refractivity contribution in [2.75, 3.05) is 36.6 Å². The highest BCUT2D eigenvalue weighted by Crippen LogP contribution is 2.33. The maximum Gasteiger partial charge on any atom is 0.232 e. The van der Waals surface area contributed by atoms with Gasteiger partial charge in [0.2, 0.25) is 15.9 Å². The molecular weight excluding hydrogens is 356 g/mol. The van der Waals surface area contributed by atoms with Gasteiger partial charge in [0, 0.05) is 24.7 Å². The number of carbonyl (C=O) groups is 1. The van der Waals surface area contributed by atoms with Gasteiger partial charge in [-0.05, 0) is 24.3 Å². The molecule has 2 aromatic carbocycles. The summed E-state index contributed by atoms with van der Waals surface area (Å²) in [7, 11) is -0.650. The Morgan fingerprint density at radius 2 is 1.77 bits per heavy atom. The van der Waals surface area contributed by atoms with Crippen molar-refractivity contribution in [3.63, 3.8) is 0 Å². The first kappa shape index (κ1) is 19.6. The molecule has 2 aromatic rings. The molecule has 7 nitrogen and oxygen atoms in total. The van der Waals surface area contributed by atoms with Gasteiger partial charge in [-0.15, -0.1) is 0 Å². The Morgan fingerprint density at radius 1 is 1.08 bits per heavy atom. The molecule has 0 radical (unpaired) electrons. The van der Waals surface area contributed by atoms with Gasteiger partial charge in [0.15, 0.2) is 0 Å². The Balaban J connectivity index is 2.17. The molecule has 26 heavy (non-hydrogen) atoms. The quantitative estimate of drug-likeness (QED) is 0.763. The lowest BCUT2D eigenvalue weighted by Crippen LogP contribution is -2.33. The molecule has 0 saturated heterocycles. The number of ether oxygens (including phenoxy) is 2. The Kier molecular flexibility index (Phi) is 6.46. The fourth-order valence-electron chi connectivity index (χ4n) is 2.40. The van der Waals surface area contributed by atoms with Gasteiger partial charge in [-0.3, -0.25) is 9.10 Å². The molecule has 0 heterocycles. The van der Waals surface area contributed by atoms with Crippen LogP contribution in [-0.2, 0) is 14.8 Å². The minimum absolute atomic E-state index is 0.00283. The summed E-state index contributed by atoms with van der Waals surface area (Å²) in [5.74, 6) is 0.608. The van der Waals surface area contributed by atoms with Crippen LogP contribution in [0, 0.1) is 0 Å². The van der Waals surface area contributed by atoms with E-state index in [1.807, 2.05) is 6.07 Å². The predicted molar refractivity (Wildman–Crippen MR) is 101 cm³/mol. The van der Waals surface area contributed by atoms with Crippen molar-refractivity contribution in [3.8, 4) is 11.5 Å². The molecule has 0 spiro atoms. The minimum atomic E-state index is -3.61. The number of carbonyl (C=O) groups excluding carboxylic acids is 1. The molecule has 0 unspecified atom stereocenters. The van der Waals surface area contributed by atoms with E-state index in [1.165, 1.54) is 14.2 Å². The lowest BCUT2D eigenvalue weighted by Gasteiger charge is -2.24. The van der Waals surface area contributed by atoms with Gasteiger partial charge in [0.1, 0.15) is 11.5 Å². The van der Waals surface area contributed by atoms with Crippen LogP contribution in [-0.4, -0.2) is 41.3 Å². The number of amides is 1. The van der Waals surface area contributed by atoms with Crippen LogP contribution in [0.5, 0.6) is 11.5 Å². The Bertz CT molecular complexity index is 853. The van der Waals surface area contributed by atoms with Crippen molar-refractivity contribution in [3.05, 3.63) is 48.5 Å². The standard InChI is InChI=1S/C18H22N2O5S/c1-24-15-9-10-16(17(13-15)25-2)20(26(3,22)23)12-11-18(21)19-14-7-5-4-6-8-14/h4-10,13H,11-12H2,1-3H3,(H,19,21). The van der Waals surface area contributed by atoms with Crippen LogP contribution in [0.4, 0.5) is 11.4 Å². The van der Waals surface area contributed by atoms with E-state index < -0.39 is 10.0 Å². The molecule has 0 aliphatic heterocycles. The normalized spacial score (nSPS) is 10.9. The molecule has 0 aliphatic carbocycles. The maximum absolute atomic E-state index is 12.2. The van der Waals surface area contributed by atoms with Gasteiger partial charge in [-0.25, -0.2) is 8.42 Å². The van der Waals surface area contributed by atoms with Crippen LogP contribution >= 0.6 is 0 Å². The minimum Gasteiger partial charge on any atom is -0.497 e. The topological polar surface area (TPSA) is 84.9 Å². The summed E-state index contributed by atoms with van der Waals surface area (Å²) in [6, 6.07) is 13.8. The fourth-order valence-corrected chi connectivity index (χ4v) is 3.34. The number of hydrogen-bond donors (Lipinski definition) is 1. The molecule has 0 saturated carbocycles. The number of rotatable bonds is 8. The van der Waals surface area contributed by atoms with Gasteiger partial charge < -0.3 is 14.8 Å². The maximum atomic E-state index is 12.2. The second kappa shape index (κ2) is 8.57. The third kappa shape index (κ3) is 5.13. The molecular formula is C18H22N2O5S. The number of nitrogens with one attached hydrogen (secondary N) is 1. The average Bonchev–Trinajstić information content (AvgIpc) is 2.61. The molecule has 0 bridgehead atoms. The highest BCUT2D eigenvalue weighted by Gasteiger charge is 2.22. The van der Waals surface area contributed by atoms with Gasteiger partial charge in [0.05, 0.1) is 26.2 Å². The SMILES string of the molecule is COc1ccc(N(CCC(=O)Nc2ccccc2)S(C)(=O)=O)c(OC)c1. The molecule has 2 rings (SSSR count). The third-order valence-electron chi connectivity index (χ3n) is 3.66. The van der Waals surface area contributed by atoms with Crippen molar-refractivity contribution in [2.24, 2.45) is 0 Å². The Morgan fingerprint density at radius 3 is 2.35 bits per heavy atom. The van der Waals surface area contributed by atoms with Gasteiger partial charge >= 0.3 is 0 Å². The summed E-state index contributed by atoms with van der Waals surface area (Å²) >= 11 is 0. The van der Waals surface area contributed by atoms with E-state index in [1.54, 1.807) is 42.5 Å². The second-order valence-electron chi connectivity index (χ2n) is 5.54. The smallest absolute Gasteiger partial charge is 0.232 e. The lowest BCUT2D eigenvalue weighted by molar-refractivity contribution is -0.116. The van der Waals surface area contributed by atoms with E-state index in [9.17, 15) is 13.2 Å². The van der Waals surface area contributed by atoms with Crippen molar-refractivity contribution < 1.29 is 22.7 Å². The summed E-state index contributed by atoms with van der Waals surface area (Å²) in [6.07, 6.45) is 1.09. The second-order valence-corrected chi connectivity index (χ2v) is 7.44. The van der Waals surface area contributed by atoms with E-state index in [0.29, 0.717) is 22.9 Å². The molecule has 8 heteroatoms. The number of para-hydroxylation sites is 1. The Labute approximate surface area is 153 Å². The van der Waals surface area contributed by atoms with Crippen LogP contribution in [0.2, 0.25) is 0 Å². The van der Waals surface area contributed by atoms with Crippen molar-refractivity contribution in [1.82, 2.24) is 0 Å². The van der Waals surface area contributed by atoms with E-state index in [4.69, 9.17) is 9.47 Å². The fraction of sp³-hybridized carbons (Fsp3) is 0.278. The summed E-state index contributed by atoms with van der Waals surface area (Å²) in [4.78, 5) is 12.1. The number of methoxy groups -OCH3 is 2. The molecule has 0 atom stereocenters. The molecule has 0 fully saturated rings. The highest BCUT2D eigenvalue weighted by molar-refractivity contribution is 7.92. The summed E-state index contributed by atoms with van der Waals surface area (Å²) in [6.45, 7) is -0.0137. The molecule has 140 valence electrons.